The molecular weight excluding hydrogens is 522 g/mol. The standard InChI is InChI=1S/C41H23NO/c42-24-28-17-18-34(31-14-6-5-12-29(28)31)35-19-20-36(33-16-8-7-15-32(33)35)37-22-27-11-3-4-13-30(27)40-38-21-25-9-1-2-10-26(25)23-39(38)43-41(37)40/h1-23H. The zero-order valence-corrected chi connectivity index (χ0v) is 23.1. The van der Waals surface area contributed by atoms with Gasteiger partial charge in [-0.3, -0.25) is 0 Å². The van der Waals surface area contributed by atoms with Gasteiger partial charge in [-0.25, -0.2) is 0 Å². The quantitative estimate of drug-likeness (QED) is 0.217. The number of benzene rings is 8. The van der Waals surface area contributed by atoms with Crippen molar-refractivity contribution in [3.05, 3.63) is 145 Å². The van der Waals surface area contributed by atoms with E-state index in [4.69, 9.17) is 4.42 Å². The van der Waals surface area contributed by atoms with Crippen molar-refractivity contribution in [2.45, 2.75) is 0 Å². The molecular formula is C41H23NO. The van der Waals surface area contributed by atoms with E-state index in [-0.39, 0.29) is 0 Å². The highest BCUT2D eigenvalue weighted by atomic mass is 16.3. The molecule has 2 heteroatoms. The third-order valence-corrected chi connectivity index (χ3v) is 8.88. The summed E-state index contributed by atoms with van der Waals surface area (Å²) in [7, 11) is 0. The summed E-state index contributed by atoms with van der Waals surface area (Å²) in [4.78, 5) is 0. The smallest absolute Gasteiger partial charge is 0.143 e. The second-order valence-electron chi connectivity index (χ2n) is 11.2. The second-order valence-corrected chi connectivity index (χ2v) is 11.2. The predicted molar refractivity (Wildman–Crippen MR) is 179 cm³/mol. The van der Waals surface area contributed by atoms with Crippen molar-refractivity contribution in [3.63, 3.8) is 0 Å². The lowest BCUT2D eigenvalue weighted by molar-refractivity contribution is 0.671. The van der Waals surface area contributed by atoms with Crippen molar-refractivity contribution >= 4 is 65.0 Å². The topological polar surface area (TPSA) is 36.9 Å². The van der Waals surface area contributed by atoms with Gasteiger partial charge in [-0.1, -0.05) is 115 Å². The number of nitrogens with zero attached hydrogens (tertiary/aromatic N) is 1. The van der Waals surface area contributed by atoms with E-state index in [1.54, 1.807) is 0 Å². The Morgan fingerprint density at radius 1 is 0.419 bits per heavy atom. The van der Waals surface area contributed by atoms with Gasteiger partial charge >= 0.3 is 0 Å². The van der Waals surface area contributed by atoms with Crippen LogP contribution in [0.3, 0.4) is 0 Å². The Morgan fingerprint density at radius 2 is 0.930 bits per heavy atom. The molecule has 0 saturated carbocycles. The molecule has 1 aromatic heterocycles. The summed E-state index contributed by atoms with van der Waals surface area (Å²) in [6, 6.07) is 51.4. The molecule has 0 amide bonds. The van der Waals surface area contributed by atoms with Crippen LogP contribution in [0.1, 0.15) is 5.56 Å². The van der Waals surface area contributed by atoms with Crippen molar-refractivity contribution in [2.24, 2.45) is 0 Å². The molecule has 9 aromatic rings. The van der Waals surface area contributed by atoms with Gasteiger partial charge in [-0.2, -0.15) is 5.26 Å². The molecule has 2 nitrogen and oxygen atoms in total. The fourth-order valence-electron chi connectivity index (χ4n) is 6.91. The minimum Gasteiger partial charge on any atom is -0.455 e. The first-order valence-corrected chi connectivity index (χ1v) is 14.5. The normalized spacial score (nSPS) is 11.7. The van der Waals surface area contributed by atoms with Crippen molar-refractivity contribution in [1.29, 1.82) is 5.26 Å². The average molecular weight is 546 g/mol. The molecule has 0 aliphatic rings. The second kappa shape index (κ2) is 9.05. The van der Waals surface area contributed by atoms with Crippen molar-refractivity contribution in [1.82, 2.24) is 0 Å². The van der Waals surface area contributed by atoms with E-state index in [1.807, 2.05) is 24.3 Å². The number of hydrogen-bond acceptors (Lipinski definition) is 2. The maximum Gasteiger partial charge on any atom is 0.143 e. The summed E-state index contributed by atoms with van der Waals surface area (Å²) in [5.74, 6) is 0. The minimum atomic E-state index is 0.691. The zero-order chi connectivity index (χ0) is 28.5. The molecule has 198 valence electrons. The van der Waals surface area contributed by atoms with Crippen LogP contribution in [0, 0.1) is 11.3 Å². The first kappa shape index (κ1) is 23.8. The van der Waals surface area contributed by atoms with Crippen LogP contribution in [0.4, 0.5) is 0 Å². The lowest BCUT2D eigenvalue weighted by atomic mass is 9.88. The summed E-state index contributed by atoms with van der Waals surface area (Å²) in [6.07, 6.45) is 0. The van der Waals surface area contributed by atoms with E-state index in [1.165, 1.54) is 21.5 Å². The number of furan rings is 1. The van der Waals surface area contributed by atoms with Crippen LogP contribution in [-0.2, 0) is 0 Å². The highest BCUT2D eigenvalue weighted by molar-refractivity contribution is 6.25. The van der Waals surface area contributed by atoms with Gasteiger partial charge in [0.05, 0.1) is 11.6 Å². The summed E-state index contributed by atoms with van der Waals surface area (Å²) >= 11 is 0. The van der Waals surface area contributed by atoms with E-state index in [9.17, 15) is 5.26 Å². The molecule has 0 atom stereocenters. The molecule has 0 aliphatic heterocycles. The van der Waals surface area contributed by atoms with Crippen LogP contribution in [0.5, 0.6) is 0 Å². The van der Waals surface area contributed by atoms with E-state index in [2.05, 4.69) is 121 Å². The van der Waals surface area contributed by atoms with Crippen molar-refractivity contribution in [3.8, 4) is 28.3 Å². The lowest BCUT2D eigenvalue weighted by Gasteiger charge is -2.15. The van der Waals surface area contributed by atoms with Gasteiger partial charge in [-0.15, -0.1) is 0 Å². The number of rotatable bonds is 2. The van der Waals surface area contributed by atoms with Crippen LogP contribution in [0.25, 0.3) is 87.3 Å². The number of fused-ring (bicyclic) bond motifs is 8. The van der Waals surface area contributed by atoms with Gasteiger partial charge in [0, 0.05) is 21.7 Å². The molecule has 1 heterocycles. The maximum atomic E-state index is 9.74. The Bertz CT molecular complexity index is 2630. The fourth-order valence-corrected chi connectivity index (χ4v) is 6.91. The monoisotopic (exact) mass is 545 g/mol. The van der Waals surface area contributed by atoms with Gasteiger partial charge in [0.1, 0.15) is 11.2 Å². The van der Waals surface area contributed by atoms with Crippen molar-refractivity contribution in [2.75, 3.05) is 0 Å². The van der Waals surface area contributed by atoms with Crippen LogP contribution in [-0.4, -0.2) is 0 Å². The van der Waals surface area contributed by atoms with Gasteiger partial charge in [0.25, 0.3) is 0 Å². The number of nitriles is 1. The van der Waals surface area contributed by atoms with E-state index in [0.717, 1.165) is 65.7 Å². The molecule has 0 aliphatic carbocycles. The largest absolute Gasteiger partial charge is 0.455 e. The molecule has 0 fully saturated rings. The molecule has 8 aromatic carbocycles. The number of hydrogen-bond donors (Lipinski definition) is 0. The van der Waals surface area contributed by atoms with Gasteiger partial charge in [0.2, 0.25) is 0 Å². The Kier molecular flexibility index (Phi) is 5.00. The van der Waals surface area contributed by atoms with Crippen LogP contribution in [0.2, 0.25) is 0 Å². The van der Waals surface area contributed by atoms with E-state index < -0.39 is 0 Å². The van der Waals surface area contributed by atoms with Crippen LogP contribution in [0.15, 0.2) is 144 Å². The zero-order valence-electron chi connectivity index (χ0n) is 23.1. The predicted octanol–water partition coefficient (Wildman–Crippen LogP) is 11.4. The Labute approximate surface area is 247 Å². The average Bonchev–Trinajstić information content (AvgIpc) is 3.44. The molecule has 0 spiro atoms. The molecule has 9 rings (SSSR count). The van der Waals surface area contributed by atoms with E-state index >= 15 is 0 Å². The Balaban J connectivity index is 1.37. The molecule has 0 N–H and O–H groups in total. The van der Waals surface area contributed by atoms with Crippen LogP contribution >= 0.6 is 0 Å². The summed E-state index contributed by atoms with van der Waals surface area (Å²) in [5.41, 5.74) is 6.99. The summed E-state index contributed by atoms with van der Waals surface area (Å²) < 4.78 is 6.77. The third-order valence-electron chi connectivity index (χ3n) is 8.88. The van der Waals surface area contributed by atoms with Gasteiger partial charge in [0.15, 0.2) is 0 Å². The van der Waals surface area contributed by atoms with Crippen LogP contribution < -0.4 is 0 Å². The van der Waals surface area contributed by atoms with Crippen molar-refractivity contribution < 1.29 is 4.42 Å². The lowest BCUT2D eigenvalue weighted by Crippen LogP contribution is -1.89. The Morgan fingerprint density at radius 3 is 1.60 bits per heavy atom. The highest BCUT2D eigenvalue weighted by Gasteiger charge is 2.19. The molecule has 0 unspecified atom stereocenters. The minimum absolute atomic E-state index is 0.691. The maximum absolute atomic E-state index is 9.74. The molecule has 0 radical (unpaired) electrons. The van der Waals surface area contributed by atoms with Gasteiger partial charge in [-0.05, 0) is 78.7 Å². The highest BCUT2D eigenvalue weighted by Crippen LogP contribution is 2.45. The van der Waals surface area contributed by atoms with E-state index in [0.29, 0.717) is 5.56 Å². The Hall–Kier alpha value is -5.91. The fraction of sp³-hybridized carbons (Fsp3) is 0. The first-order valence-electron chi connectivity index (χ1n) is 14.5. The summed E-state index contributed by atoms with van der Waals surface area (Å²) in [5, 5.41) is 21.2. The third kappa shape index (κ3) is 3.46. The summed E-state index contributed by atoms with van der Waals surface area (Å²) in [6.45, 7) is 0. The molecule has 0 bridgehead atoms. The first-order chi connectivity index (χ1) is 21.3. The molecule has 43 heavy (non-hydrogen) atoms. The van der Waals surface area contributed by atoms with Gasteiger partial charge < -0.3 is 4.42 Å². The SMILES string of the molecule is N#Cc1ccc(-c2ccc(-c3cc4ccccc4c4c3oc3cc5ccccc5cc34)c3ccccc23)c2ccccc12. The molecule has 0 saturated heterocycles.